The van der Waals surface area contributed by atoms with Gasteiger partial charge in [0.05, 0.1) is 24.2 Å². The summed E-state index contributed by atoms with van der Waals surface area (Å²) in [5, 5.41) is 0. The van der Waals surface area contributed by atoms with Gasteiger partial charge in [-0.05, 0) is 25.0 Å². The number of hydrogen-bond donors (Lipinski definition) is 0. The number of ether oxygens (including phenoxy) is 1. The highest BCUT2D eigenvalue weighted by Crippen LogP contribution is 2.32. The normalized spacial score (nSPS) is 23.8. The number of carbonyl (C=O) groups is 2. The van der Waals surface area contributed by atoms with E-state index < -0.39 is 5.60 Å². The van der Waals surface area contributed by atoms with Gasteiger partial charge in [-0.2, -0.15) is 0 Å². The second-order valence-corrected chi connectivity index (χ2v) is 6.47. The lowest BCUT2D eigenvalue weighted by Gasteiger charge is -2.38. The zero-order valence-electron chi connectivity index (χ0n) is 13.4. The molecule has 0 aliphatic carbocycles. The minimum atomic E-state index is -0.587. The van der Waals surface area contributed by atoms with Crippen LogP contribution in [-0.4, -0.2) is 64.1 Å². The van der Waals surface area contributed by atoms with E-state index >= 15 is 0 Å². The Morgan fingerprint density at radius 3 is 2.88 bits per heavy atom. The standard InChI is InChI=1S/C17H18N4O3/c1-20-10-17(24-16(20)23)6-3-9-21(11-17)15(22)12-4-2-5-13-14(12)19-8-7-18-13/h2,4-5,7-8H,3,6,9-11H2,1H3. The molecular formula is C17H18N4O3. The summed E-state index contributed by atoms with van der Waals surface area (Å²) in [5.74, 6) is -0.0919. The van der Waals surface area contributed by atoms with Crippen molar-refractivity contribution in [3.05, 3.63) is 36.2 Å². The lowest BCUT2D eigenvalue weighted by Crippen LogP contribution is -2.52. The van der Waals surface area contributed by atoms with E-state index in [1.165, 1.54) is 0 Å². The van der Waals surface area contributed by atoms with Crippen LogP contribution < -0.4 is 0 Å². The van der Waals surface area contributed by atoms with Gasteiger partial charge in [-0.1, -0.05) is 6.07 Å². The molecule has 124 valence electrons. The number of carbonyl (C=O) groups excluding carboxylic acids is 2. The molecule has 4 rings (SSSR count). The number of piperidine rings is 1. The quantitative estimate of drug-likeness (QED) is 0.797. The second kappa shape index (κ2) is 5.43. The lowest BCUT2D eigenvalue weighted by atomic mass is 9.92. The highest BCUT2D eigenvalue weighted by molar-refractivity contribution is 6.04. The van der Waals surface area contributed by atoms with E-state index in [2.05, 4.69) is 9.97 Å². The molecule has 2 amide bonds. The Hall–Kier alpha value is -2.70. The summed E-state index contributed by atoms with van der Waals surface area (Å²) in [5.41, 5.74) is 1.25. The van der Waals surface area contributed by atoms with E-state index in [9.17, 15) is 9.59 Å². The van der Waals surface area contributed by atoms with Crippen molar-refractivity contribution >= 4 is 23.0 Å². The molecule has 2 fully saturated rings. The van der Waals surface area contributed by atoms with Gasteiger partial charge < -0.3 is 14.5 Å². The maximum atomic E-state index is 13.0. The summed E-state index contributed by atoms with van der Waals surface area (Å²) >= 11 is 0. The van der Waals surface area contributed by atoms with Crippen molar-refractivity contribution in [1.29, 1.82) is 0 Å². The van der Waals surface area contributed by atoms with Gasteiger partial charge in [0.25, 0.3) is 5.91 Å². The van der Waals surface area contributed by atoms with E-state index in [1.807, 2.05) is 12.1 Å². The molecule has 2 aromatic rings. The molecule has 1 spiro atoms. The number of fused-ring (bicyclic) bond motifs is 1. The van der Waals surface area contributed by atoms with E-state index in [0.717, 1.165) is 12.8 Å². The zero-order chi connectivity index (χ0) is 16.7. The van der Waals surface area contributed by atoms with Crippen LogP contribution in [0.5, 0.6) is 0 Å². The maximum Gasteiger partial charge on any atom is 0.410 e. The predicted octanol–water partition coefficient (Wildman–Crippen LogP) is 1.69. The van der Waals surface area contributed by atoms with Crippen molar-refractivity contribution in [1.82, 2.24) is 19.8 Å². The molecule has 0 radical (unpaired) electrons. The van der Waals surface area contributed by atoms with Crippen molar-refractivity contribution in [2.45, 2.75) is 18.4 Å². The van der Waals surface area contributed by atoms with Gasteiger partial charge in [-0.15, -0.1) is 0 Å². The molecule has 7 nitrogen and oxygen atoms in total. The molecule has 2 aliphatic heterocycles. The van der Waals surface area contributed by atoms with Crippen LogP contribution in [0.4, 0.5) is 4.79 Å². The van der Waals surface area contributed by atoms with E-state index in [1.54, 1.807) is 35.3 Å². The Labute approximate surface area is 139 Å². The number of likely N-dealkylation sites (tertiary alicyclic amines) is 1. The smallest absolute Gasteiger partial charge is 0.410 e. The monoisotopic (exact) mass is 326 g/mol. The van der Waals surface area contributed by atoms with Gasteiger partial charge in [0.1, 0.15) is 11.1 Å². The number of amides is 2. The number of hydrogen-bond acceptors (Lipinski definition) is 5. The first kappa shape index (κ1) is 14.9. The minimum absolute atomic E-state index is 0.0919. The molecule has 1 atom stereocenters. The first-order chi connectivity index (χ1) is 11.6. The fraction of sp³-hybridized carbons (Fsp3) is 0.412. The average Bonchev–Trinajstić information content (AvgIpc) is 2.87. The second-order valence-electron chi connectivity index (χ2n) is 6.47. The molecule has 0 N–H and O–H groups in total. The van der Waals surface area contributed by atoms with Crippen molar-refractivity contribution in [3.63, 3.8) is 0 Å². The van der Waals surface area contributed by atoms with Crippen molar-refractivity contribution in [2.75, 3.05) is 26.7 Å². The molecule has 2 saturated heterocycles. The molecule has 7 heteroatoms. The summed E-state index contributed by atoms with van der Waals surface area (Å²) in [4.78, 5) is 36.7. The van der Waals surface area contributed by atoms with Crippen LogP contribution in [0.2, 0.25) is 0 Å². The number of rotatable bonds is 1. The van der Waals surface area contributed by atoms with Crippen LogP contribution in [0, 0.1) is 0 Å². The number of likely N-dealkylation sites (N-methyl/N-ethyl adjacent to an activating group) is 1. The van der Waals surface area contributed by atoms with Crippen LogP contribution in [0.3, 0.4) is 0 Å². The molecule has 1 aromatic carbocycles. The SMILES string of the molecule is CN1CC2(CCCN(C(=O)c3cccc4nccnc34)C2)OC1=O. The van der Waals surface area contributed by atoms with E-state index in [-0.39, 0.29) is 12.0 Å². The van der Waals surface area contributed by atoms with Gasteiger partial charge in [-0.25, -0.2) is 4.79 Å². The summed E-state index contributed by atoms with van der Waals surface area (Å²) in [7, 11) is 1.72. The summed E-state index contributed by atoms with van der Waals surface area (Å²) in [6, 6.07) is 5.42. The van der Waals surface area contributed by atoms with Gasteiger partial charge in [0, 0.05) is 26.0 Å². The third kappa shape index (κ3) is 2.36. The van der Waals surface area contributed by atoms with Gasteiger partial charge >= 0.3 is 6.09 Å². The van der Waals surface area contributed by atoms with Crippen LogP contribution in [0.25, 0.3) is 11.0 Å². The highest BCUT2D eigenvalue weighted by atomic mass is 16.6. The third-order valence-corrected chi connectivity index (χ3v) is 4.70. The van der Waals surface area contributed by atoms with Crippen LogP contribution in [-0.2, 0) is 4.74 Å². The third-order valence-electron chi connectivity index (χ3n) is 4.70. The molecule has 1 aromatic heterocycles. The van der Waals surface area contributed by atoms with Crippen molar-refractivity contribution in [2.24, 2.45) is 0 Å². The molecule has 24 heavy (non-hydrogen) atoms. The molecule has 3 heterocycles. The number of benzene rings is 1. The van der Waals surface area contributed by atoms with Crippen LogP contribution >= 0.6 is 0 Å². The summed E-state index contributed by atoms with van der Waals surface area (Å²) in [6.07, 6.45) is 4.47. The van der Waals surface area contributed by atoms with Crippen LogP contribution in [0.1, 0.15) is 23.2 Å². The first-order valence-electron chi connectivity index (χ1n) is 8.01. The Balaban J connectivity index is 1.63. The summed E-state index contributed by atoms with van der Waals surface area (Å²) in [6.45, 7) is 1.59. The van der Waals surface area contributed by atoms with E-state index in [0.29, 0.717) is 36.2 Å². The fourth-order valence-electron chi connectivity index (χ4n) is 3.61. The molecule has 0 bridgehead atoms. The van der Waals surface area contributed by atoms with Crippen molar-refractivity contribution in [3.8, 4) is 0 Å². The Bertz CT molecular complexity index is 819. The Morgan fingerprint density at radius 1 is 1.25 bits per heavy atom. The minimum Gasteiger partial charge on any atom is -0.439 e. The van der Waals surface area contributed by atoms with Gasteiger partial charge in [0.15, 0.2) is 0 Å². The molecular weight excluding hydrogens is 308 g/mol. The first-order valence-corrected chi connectivity index (χ1v) is 8.01. The number of aromatic nitrogens is 2. The molecule has 0 saturated carbocycles. The topological polar surface area (TPSA) is 75.6 Å². The highest BCUT2D eigenvalue weighted by Gasteiger charge is 2.47. The maximum absolute atomic E-state index is 13.0. The van der Waals surface area contributed by atoms with Crippen LogP contribution in [0.15, 0.2) is 30.6 Å². The predicted molar refractivity (Wildman–Crippen MR) is 86.5 cm³/mol. The van der Waals surface area contributed by atoms with Gasteiger partial charge in [-0.3, -0.25) is 14.8 Å². The summed E-state index contributed by atoms with van der Waals surface area (Å²) < 4.78 is 5.57. The number of para-hydroxylation sites is 1. The fourth-order valence-corrected chi connectivity index (χ4v) is 3.61. The van der Waals surface area contributed by atoms with E-state index in [4.69, 9.17) is 4.74 Å². The molecule has 1 unspecified atom stereocenters. The molecule has 2 aliphatic rings. The largest absolute Gasteiger partial charge is 0.439 e. The lowest BCUT2D eigenvalue weighted by molar-refractivity contribution is -0.00515. The Kier molecular flexibility index (Phi) is 3.37. The van der Waals surface area contributed by atoms with Crippen molar-refractivity contribution < 1.29 is 14.3 Å². The van der Waals surface area contributed by atoms with Gasteiger partial charge in [0.2, 0.25) is 0 Å². The number of nitrogens with zero attached hydrogens (tertiary/aromatic N) is 4. The average molecular weight is 326 g/mol. The zero-order valence-corrected chi connectivity index (χ0v) is 13.4. The Morgan fingerprint density at radius 2 is 2.08 bits per heavy atom.